The van der Waals surface area contributed by atoms with Crippen LogP contribution >= 0.6 is 0 Å². The summed E-state index contributed by atoms with van der Waals surface area (Å²) in [4.78, 5) is 16.9. The average molecular weight is 317 g/mol. The lowest BCUT2D eigenvalue weighted by atomic mass is 9.99. The van der Waals surface area contributed by atoms with Crippen LogP contribution in [0.2, 0.25) is 0 Å². The van der Waals surface area contributed by atoms with Gasteiger partial charge in [0.05, 0.1) is 6.04 Å². The third-order valence-corrected chi connectivity index (χ3v) is 4.70. The van der Waals surface area contributed by atoms with Gasteiger partial charge in [0.15, 0.2) is 0 Å². The van der Waals surface area contributed by atoms with E-state index in [1.165, 1.54) is 12.0 Å². The molecule has 4 heteroatoms. The molecule has 1 aliphatic rings. The Hall–Kier alpha value is -1.39. The molecule has 1 heterocycles. The van der Waals surface area contributed by atoms with Gasteiger partial charge < -0.3 is 10.6 Å². The van der Waals surface area contributed by atoms with Crippen molar-refractivity contribution in [3.8, 4) is 0 Å². The van der Waals surface area contributed by atoms with Crippen LogP contribution in [0.1, 0.15) is 45.6 Å². The van der Waals surface area contributed by atoms with Crippen molar-refractivity contribution < 1.29 is 4.79 Å². The van der Waals surface area contributed by atoms with Crippen molar-refractivity contribution in [2.75, 3.05) is 13.1 Å². The molecule has 1 aromatic carbocycles. The zero-order valence-corrected chi connectivity index (χ0v) is 14.7. The molecular formula is C19H31N3O. The molecule has 0 spiro atoms. The van der Waals surface area contributed by atoms with Crippen molar-refractivity contribution in [3.05, 3.63) is 35.9 Å². The van der Waals surface area contributed by atoms with Crippen LogP contribution in [-0.2, 0) is 11.3 Å². The third kappa shape index (κ3) is 5.05. The van der Waals surface area contributed by atoms with E-state index in [4.69, 9.17) is 5.73 Å². The van der Waals surface area contributed by atoms with Crippen molar-refractivity contribution in [2.45, 2.75) is 64.7 Å². The van der Waals surface area contributed by atoms with E-state index in [0.717, 1.165) is 32.5 Å². The Bertz CT molecular complexity index is 487. The summed E-state index contributed by atoms with van der Waals surface area (Å²) in [6.45, 7) is 8.94. The van der Waals surface area contributed by atoms with Gasteiger partial charge in [-0.3, -0.25) is 9.69 Å². The molecule has 0 radical (unpaired) electrons. The number of carbonyl (C=O) groups excluding carboxylic acids is 1. The van der Waals surface area contributed by atoms with Crippen molar-refractivity contribution >= 4 is 5.91 Å². The summed E-state index contributed by atoms with van der Waals surface area (Å²) in [5.74, 6) is 0.0955. The van der Waals surface area contributed by atoms with E-state index in [2.05, 4.69) is 43.0 Å². The summed E-state index contributed by atoms with van der Waals surface area (Å²) in [6, 6.07) is 10.9. The normalized spacial score (nSPS) is 20.1. The van der Waals surface area contributed by atoms with Gasteiger partial charge in [0.1, 0.15) is 0 Å². The molecule has 1 saturated heterocycles. The second-order valence-electron chi connectivity index (χ2n) is 6.98. The Labute approximate surface area is 140 Å². The fourth-order valence-corrected chi connectivity index (χ4v) is 3.29. The summed E-state index contributed by atoms with van der Waals surface area (Å²) in [5, 5.41) is 0. The van der Waals surface area contributed by atoms with Gasteiger partial charge in [0, 0.05) is 31.7 Å². The number of rotatable bonds is 6. The van der Waals surface area contributed by atoms with Gasteiger partial charge in [-0.15, -0.1) is 0 Å². The summed E-state index contributed by atoms with van der Waals surface area (Å²) in [6.07, 6.45) is 3.37. The molecule has 1 aromatic rings. The molecule has 2 atom stereocenters. The summed E-state index contributed by atoms with van der Waals surface area (Å²) in [7, 11) is 0. The number of likely N-dealkylation sites (tertiary alicyclic amines) is 1. The van der Waals surface area contributed by atoms with Crippen LogP contribution in [-0.4, -0.2) is 46.9 Å². The smallest absolute Gasteiger partial charge is 0.239 e. The number of amides is 1. The molecule has 0 bridgehead atoms. The lowest BCUT2D eigenvalue weighted by Crippen LogP contribution is -2.54. The van der Waals surface area contributed by atoms with E-state index in [-0.39, 0.29) is 11.9 Å². The minimum Gasteiger partial charge on any atom is -0.337 e. The minimum atomic E-state index is -0.405. The molecule has 4 nitrogen and oxygen atoms in total. The molecular weight excluding hydrogens is 286 g/mol. The van der Waals surface area contributed by atoms with Gasteiger partial charge in [0.25, 0.3) is 0 Å². The highest BCUT2D eigenvalue weighted by atomic mass is 16.2. The predicted molar refractivity (Wildman–Crippen MR) is 95.0 cm³/mol. The molecule has 0 aliphatic carbocycles. The second kappa shape index (κ2) is 8.46. The van der Waals surface area contributed by atoms with Crippen LogP contribution in [0.25, 0.3) is 0 Å². The van der Waals surface area contributed by atoms with Gasteiger partial charge in [-0.2, -0.15) is 0 Å². The van der Waals surface area contributed by atoms with Crippen molar-refractivity contribution in [2.24, 2.45) is 5.73 Å². The Morgan fingerprint density at radius 1 is 1.26 bits per heavy atom. The first-order valence-corrected chi connectivity index (χ1v) is 8.83. The third-order valence-electron chi connectivity index (χ3n) is 4.70. The van der Waals surface area contributed by atoms with E-state index in [0.29, 0.717) is 6.04 Å². The maximum absolute atomic E-state index is 12.4. The Morgan fingerprint density at radius 3 is 2.57 bits per heavy atom. The van der Waals surface area contributed by atoms with Crippen molar-refractivity contribution in [3.63, 3.8) is 0 Å². The lowest BCUT2D eigenvalue weighted by Gasteiger charge is -2.40. The first-order valence-electron chi connectivity index (χ1n) is 8.83. The molecule has 1 fully saturated rings. The van der Waals surface area contributed by atoms with Gasteiger partial charge in [-0.05, 0) is 45.6 Å². The van der Waals surface area contributed by atoms with Gasteiger partial charge in [0.2, 0.25) is 5.91 Å². The predicted octanol–water partition coefficient (Wildman–Crippen LogP) is 2.63. The largest absolute Gasteiger partial charge is 0.337 e. The minimum absolute atomic E-state index is 0.0955. The van der Waals surface area contributed by atoms with Crippen LogP contribution in [0.3, 0.4) is 0 Å². The molecule has 2 unspecified atom stereocenters. The zero-order valence-electron chi connectivity index (χ0n) is 14.7. The SMILES string of the molecule is CC(N)C(=O)N1CCCCC1CN(Cc1ccccc1)C(C)C. The van der Waals surface area contributed by atoms with Crippen LogP contribution in [0, 0.1) is 0 Å². The number of hydrogen-bond acceptors (Lipinski definition) is 3. The van der Waals surface area contributed by atoms with E-state index in [1.807, 2.05) is 11.0 Å². The summed E-state index contributed by atoms with van der Waals surface area (Å²) < 4.78 is 0. The first kappa shape index (κ1) is 18.0. The molecule has 128 valence electrons. The van der Waals surface area contributed by atoms with Gasteiger partial charge in [-0.1, -0.05) is 30.3 Å². The van der Waals surface area contributed by atoms with Gasteiger partial charge >= 0.3 is 0 Å². The lowest BCUT2D eigenvalue weighted by molar-refractivity contribution is -0.136. The highest BCUT2D eigenvalue weighted by molar-refractivity contribution is 5.81. The monoisotopic (exact) mass is 317 g/mol. The zero-order chi connectivity index (χ0) is 16.8. The number of carbonyl (C=O) groups is 1. The van der Waals surface area contributed by atoms with Crippen LogP contribution in [0.5, 0.6) is 0 Å². The number of hydrogen-bond donors (Lipinski definition) is 1. The van der Waals surface area contributed by atoms with E-state index in [9.17, 15) is 4.79 Å². The van der Waals surface area contributed by atoms with Crippen molar-refractivity contribution in [1.82, 2.24) is 9.80 Å². The maximum atomic E-state index is 12.4. The highest BCUT2D eigenvalue weighted by Crippen LogP contribution is 2.21. The van der Waals surface area contributed by atoms with E-state index in [1.54, 1.807) is 6.92 Å². The second-order valence-corrected chi connectivity index (χ2v) is 6.98. The molecule has 1 aliphatic heterocycles. The molecule has 23 heavy (non-hydrogen) atoms. The van der Waals surface area contributed by atoms with E-state index < -0.39 is 6.04 Å². The van der Waals surface area contributed by atoms with Crippen LogP contribution in [0.15, 0.2) is 30.3 Å². The molecule has 0 aromatic heterocycles. The Kier molecular flexibility index (Phi) is 6.60. The summed E-state index contributed by atoms with van der Waals surface area (Å²) >= 11 is 0. The van der Waals surface area contributed by atoms with Crippen LogP contribution in [0.4, 0.5) is 0 Å². The molecule has 1 amide bonds. The topological polar surface area (TPSA) is 49.6 Å². The fourth-order valence-electron chi connectivity index (χ4n) is 3.29. The number of nitrogens with two attached hydrogens (primary N) is 1. The first-order chi connectivity index (χ1) is 11.0. The highest BCUT2D eigenvalue weighted by Gasteiger charge is 2.30. The number of nitrogens with zero attached hydrogens (tertiary/aromatic N) is 2. The molecule has 2 rings (SSSR count). The number of piperidine rings is 1. The Balaban J connectivity index is 2.06. The maximum Gasteiger partial charge on any atom is 0.239 e. The summed E-state index contributed by atoms with van der Waals surface area (Å²) in [5.41, 5.74) is 7.16. The fraction of sp³-hybridized carbons (Fsp3) is 0.632. The molecule has 2 N–H and O–H groups in total. The van der Waals surface area contributed by atoms with Gasteiger partial charge in [-0.25, -0.2) is 0 Å². The molecule has 0 saturated carbocycles. The quantitative estimate of drug-likeness (QED) is 0.877. The number of benzene rings is 1. The van der Waals surface area contributed by atoms with Crippen LogP contribution < -0.4 is 5.73 Å². The van der Waals surface area contributed by atoms with Crippen molar-refractivity contribution in [1.29, 1.82) is 0 Å². The standard InChI is InChI=1S/C19H31N3O/c1-15(2)21(13-17-9-5-4-6-10-17)14-18-11-7-8-12-22(18)19(23)16(3)20/h4-6,9-10,15-16,18H,7-8,11-14,20H2,1-3H3. The Morgan fingerprint density at radius 2 is 1.96 bits per heavy atom. The average Bonchev–Trinajstić information content (AvgIpc) is 2.55. The van der Waals surface area contributed by atoms with E-state index >= 15 is 0 Å².